The monoisotopic (exact) mass is 395 g/mol. The quantitative estimate of drug-likeness (QED) is 0.724. The van der Waals surface area contributed by atoms with Crippen LogP contribution in [-0.2, 0) is 20.9 Å². The molecule has 1 N–H and O–H groups in total. The number of methoxy groups -OCH3 is 1. The minimum atomic E-state index is -0.614. The summed E-state index contributed by atoms with van der Waals surface area (Å²) in [6.07, 6.45) is 0. The van der Waals surface area contributed by atoms with Gasteiger partial charge in [-0.15, -0.1) is 0 Å². The molecule has 0 aliphatic carbocycles. The van der Waals surface area contributed by atoms with Gasteiger partial charge < -0.3 is 19.9 Å². The molecular formula is C22H25N3O4. The van der Waals surface area contributed by atoms with Gasteiger partial charge in [0.25, 0.3) is 0 Å². The fourth-order valence-corrected chi connectivity index (χ4v) is 3.20. The highest BCUT2D eigenvalue weighted by molar-refractivity contribution is 6.35. The number of nitrogens with one attached hydrogen (secondary N) is 1. The number of rotatable bonds is 7. The Bertz CT molecular complexity index is 878. The van der Waals surface area contributed by atoms with Gasteiger partial charge in [-0.2, -0.15) is 0 Å². The number of hydrogen-bond acceptors (Lipinski definition) is 4. The maximum absolute atomic E-state index is 12.2. The Kier molecular flexibility index (Phi) is 6.49. The maximum atomic E-state index is 12.2. The average molecular weight is 395 g/mol. The van der Waals surface area contributed by atoms with Gasteiger partial charge in [-0.05, 0) is 35.7 Å². The summed E-state index contributed by atoms with van der Waals surface area (Å²) in [7, 11) is 1.64. The summed E-state index contributed by atoms with van der Waals surface area (Å²) in [5.74, 6) is -0.627. The Balaban J connectivity index is 1.51. The van der Waals surface area contributed by atoms with Crippen molar-refractivity contribution in [2.75, 3.05) is 33.3 Å². The summed E-state index contributed by atoms with van der Waals surface area (Å²) in [6, 6.07) is 15.7. The zero-order valence-corrected chi connectivity index (χ0v) is 16.7. The molecule has 0 radical (unpaired) electrons. The molecule has 0 aromatic heterocycles. The Labute approximate surface area is 170 Å². The van der Waals surface area contributed by atoms with Gasteiger partial charge >= 0.3 is 11.8 Å². The fourth-order valence-electron chi connectivity index (χ4n) is 3.20. The number of amides is 3. The van der Waals surface area contributed by atoms with Crippen molar-refractivity contribution in [3.05, 3.63) is 54.1 Å². The topological polar surface area (TPSA) is 79.0 Å². The number of hydrogen-bond donors (Lipinski definition) is 1. The van der Waals surface area contributed by atoms with Crippen LogP contribution in [0, 0.1) is 0 Å². The van der Waals surface area contributed by atoms with E-state index in [1.54, 1.807) is 7.11 Å². The van der Waals surface area contributed by atoms with Crippen LogP contribution < -0.4 is 10.1 Å². The molecule has 2 aromatic rings. The normalized spacial score (nSPS) is 14.1. The summed E-state index contributed by atoms with van der Waals surface area (Å²) in [5.41, 5.74) is 3.10. The minimum Gasteiger partial charge on any atom is -0.497 e. The molecular weight excluding hydrogens is 370 g/mol. The SMILES string of the molecule is CCN1CCN(CC(=O)NCc2ccc(-c3ccc(OC)cc3)cc2)C(=O)C1=O. The van der Waals surface area contributed by atoms with Crippen molar-refractivity contribution in [3.8, 4) is 16.9 Å². The van der Waals surface area contributed by atoms with Gasteiger partial charge in [-0.1, -0.05) is 36.4 Å². The van der Waals surface area contributed by atoms with Crippen molar-refractivity contribution in [3.63, 3.8) is 0 Å². The molecule has 0 saturated carbocycles. The first-order valence-corrected chi connectivity index (χ1v) is 9.60. The molecule has 3 amide bonds. The number of nitrogens with zero attached hydrogens (tertiary/aromatic N) is 2. The van der Waals surface area contributed by atoms with Crippen molar-refractivity contribution < 1.29 is 19.1 Å². The summed E-state index contributed by atoms with van der Waals surface area (Å²) >= 11 is 0. The van der Waals surface area contributed by atoms with E-state index >= 15 is 0 Å². The Morgan fingerprint density at radius 1 is 0.931 bits per heavy atom. The number of carbonyl (C=O) groups excluding carboxylic acids is 3. The summed E-state index contributed by atoms with van der Waals surface area (Å²) in [6.45, 7) is 3.42. The molecule has 0 unspecified atom stereocenters. The smallest absolute Gasteiger partial charge is 0.312 e. The van der Waals surface area contributed by atoms with E-state index in [1.807, 2.05) is 55.5 Å². The first-order valence-electron chi connectivity index (χ1n) is 9.60. The van der Waals surface area contributed by atoms with Crippen molar-refractivity contribution in [2.24, 2.45) is 0 Å². The first-order chi connectivity index (χ1) is 14.0. The van der Waals surface area contributed by atoms with Crippen LogP contribution in [0.5, 0.6) is 5.75 Å². The number of benzene rings is 2. The van der Waals surface area contributed by atoms with Crippen molar-refractivity contribution >= 4 is 17.7 Å². The summed E-state index contributed by atoms with van der Waals surface area (Å²) in [4.78, 5) is 39.0. The third-order valence-electron chi connectivity index (χ3n) is 4.98. The molecule has 1 aliphatic rings. The van der Waals surface area contributed by atoms with Gasteiger partial charge in [0, 0.05) is 26.2 Å². The lowest BCUT2D eigenvalue weighted by molar-refractivity contribution is -0.156. The second kappa shape index (κ2) is 9.23. The Hall–Kier alpha value is -3.35. The van der Waals surface area contributed by atoms with E-state index in [4.69, 9.17) is 4.74 Å². The lowest BCUT2D eigenvalue weighted by Crippen LogP contribution is -2.56. The fraction of sp³-hybridized carbons (Fsp3) is 0.318. The molecule has 0 spiro atoms. The highest BCUT2D eigenvalue weighted by atomic mass is 16.5. The van der Waals surface area contributed by atoms with Crippen LogP contribution in [0.3, 0.4) is 0 Å². The second-order valence-electron chi connectivity index (χ2n) is 6.81. The number of piperazine rings is 1. The molecule has 152 valence electrons. The molecule has 7 heteroatoms. The third kappa shape index (κ3) is 4.93. The lowest BCUT2D eigenvalue weighted by atomic mass is 10.0. The number of carbonyl (C=O) groups is 3. The highest BCUT2D eigenvalue weighted by Crippen LogP contribution is 2.22. The molecule has 0 atom stereocenters. The van der Waals surface area contributed by atoms with Gasteiger partial charge in [-0.3, -0.25) is 14.4 Å². The highest BCUT2D eigenvalue weighted by Gasteiger charge is 2.32. The molecule has 1 fully saturated rings. The lowest BCUT2D eigenvalue weighted by Gasteiger charge is -2.32. The summed E-state index contributed by atoms with van der Waals surface area (Å²) < 4.78 is 5.17. The van der Waals surface area contributed by atoms with E-state index in [2.05, 4.69) is 5.32 Å². The second-order valence-corrected chi connectivity index (χ2v) is 6.81. The largest absolute Gasteiger partial charge is 0.497 e. The average Bonchev–Trinajstić information content (AvgIpc) is 2.76. The van der Waals surface area contributed by atoms with Gasteiger partial charge in [0.05, 0.1) is 7.11 Å². The third-order valence-corrected chi connectivity index (χ3v) is 4.98. The van der Waals surface area contributed by atoms with Crippen LogP contribution in [0.25, 0.3) is 11.1 Å². The van der Waals surface area contributed by atoms with E-state index in [0.29, 0.717) is 26.2 Å². The van der Waals surface area contributed by atoms with Crippen molar-refractivity contribution in [1.29, 1.82) is 0 Å². The number of likely N-dealkylation sites (N-methyl/N-ethyl adjacent to an activating group) is 1. The number of ether oxygens (including phenoxy) is 1. The maximum Gasteiger partial charge on any atom is 0.312 e. The minimum absolute atomic E-state index is 0.105. The molecule has 1 aliphatic heterocycles. The van der Waals surface area contributed by atoms with Crippen LogP contribution >= 0.6 is 0 Å². The molecule has 1 saturated heterocycles. The predicted molar refractivity (Wildman–Crippen MR) is 109 cm³/mol. The molecule has 3 rings (SSSR count). The Morgan fingerprint density at radius 3 is 2.07 bits per heavy atom. The van der Waals surface area contributed by atoms with Crippen LogP contribution in [0.4, 0.5) is 0 Å². The van der Waals surface area contributed by atoms with Crippen molar-refractivity contribution in [2.45, 2.75) is 13.5 Å². The zero-order valence-electron chi connectivity index (χ0n) is 16.7. The van der Waals surface area contributed by atoms with E-state index in [0.717, 1.165) is 22.4 Å². The molecule has 1 heterocycles. The summed E-state index contributed by atoms with van der Waals surface area (Å²) in [5, 5.41) is 2.81. The van der Waals surface area contributed by atoms with Crippen molar-refractivity contribution in [1.82, 2.24) is 15.1 Å². The van der Waals surface area contributed by atoms with Crippen LogP contribution in [0.2, 0.25) is 0 Å². The van der Waals surface area contributed by atoms with Crippen LogP contribution in [-0.4, -0.2) is 60.8 Å². The van der Waals surface area contributed by atoms with Gasteiger partial charge in [0.1, 0.15) is 12.3 Å². The molecule has 2 aromatic carbocycles. The van der Waals surface area contributed by atoms with E-state index < -0.39 is 11.8 Å². The van der Waals surface area contributed by atoms with Gasteiger partial charge in [0.2, 0.25) is 5.91 Å². The van der Waals surface area contributed by atoms with Crippen LogP contribution in [0.1, 0.15) is 12.5 Å². The molecule has 0 bridgehead atoms. The van der Waals surface area contributed by atoms with Crippen LogP contribution in [0.15, 0.2) is 48.5 Å². The first kappa shape index (κ1) is 20.4. The van der Waals surface area contributed by atoms with E-state index in [-0.39, 0.29) is 12.5 Å². The standard InChI is InChI=1S/C22H25N3O4/c1-3-24-12-13-25(22(28)21(24)27)15-20(26)23-14-16-4-6-17(7-5-16)18-8-10-19(29-2)11-9-18/h4-11H,3,12-15H2,1-2H3,(H,23,26). The Morgan fingerprint density at radius 2 is 1.48 bits per heavy atom. The zero-order chi connectivity index (χ0) is 20.8. The van der Waals surface area contributed by atoms with Gasteiger partial charge in [0.15, 0.2) is 0 Å². The molecule has 7 nitrogen and oxygen atoms in total. The predicted octanol–water partition coefficient (Wildman–Crippen LogP) is 1.67. The molecule has 29 heavy (non-hydrogen) atoms. The van der Waals surface area contributed by atoms with E-state index in [1.165, 1.54) is 9.80 Å². The van der Waals surface area contributed by atoms with E-state index in [9.17, 15) is 14.4 Å². The van der Waals surface area contributed by atoms with Gasteiger partial charge in [-0.25, -0.2) is 0 Å².